The van der Waals surface area contributed by atoms with Crippen LogP contribution in [-0.4, -0.2) is 19.2 Å². The summed E-state index contributed by atoms with van der Waals surface area (Å²) in [6.07, 6.45) is 0.988. The number of carbonyl (C=O) groups excluding carboxylic acids is 1. The monoisotopic (exact) mass is 326 g/mol. The van der Waals surface area contributed by atoms with Crippen LogP contribution in [0.2, 0.25) is 0 Å². The molecule has 4 nitrogen and oxygen atoms in total. The van der Waals surface area contributed by atoms with Crippen molar-refractivity contribution in [3.05, 3.63) is 59.7 Å². The Kier molecular flexibility index (Phi) is 6.67. The molecule has 0 atom stereocenters. The number of benzene rings is 2. The predicted molar refractivity (Wildman–Crippen MR) is 98.9 cm³/mol. The summed E-state index contributed by atoms with van der Waals surface area (Å²) in [5, 5.41) is 5.62. The van der Waals surface area contributed by atoms with Crippen LogP contribution >= 0.6 is 0 Å². The molecule has 0 bridgehead atoms. The molecule has 2 N–H and O–H groups in total. The zero-order valence-corrected chi connectivity index (χ0v) is 14.6. The Hall–Kier alpha value is -2.49. The van der Waals surface area contributed by atoms with Gasteiger partial charge in [0.15, 0.2) is 0 Å². The van der Waals surface area contributed by atoms with Gasteiger partial charge >= 0.3 is 6.03 Å². The third-order valence-electron chi connectivity index (χ3n) is 3.81. The van der Waals surface area contributed by atoms with Crippen LogP contribution in [0, 0.1) is 0 Å². The van der Waals surface area contributed by atoms with Crippen LogP contribution in [-0.2, 0) is 6.42 Å². The highest BCUT2D eigenvalue weighted by Crippen LogP contribution is 2.25. The molecular formula is C20H26N2O2. The second kappa shape index (κ2) is 8.96. The lowest BCUT2D eigenvalue weighted by Crippen LogP contribution is -2.32. The number of aryl methyl sites for hydroxylation is 1. The topological polar surface area (TPSA) is 50.4 Å². The second-order valence-corrected chi connectivity index (χ2v) is 5.97. The molecule has 0 unspecified atom stereocenters. The Bertz CT molecular complexity index is 651. The molecule has 0 fully saturated rings. The first kappa shape index (κ1) is 17.9. The van der Waals surface area contributed by atoms with Crippen LogP contribution in [0.15, 0.2) is 48.5 Å². The highest BCUT2D eigenvalue weighted by atomic mass is 16.5. The molecule has 2 amide bonds. The smallest absolute Gasteiger partial charge is 0.319 e. The van der Waals surface area contributed by atoms with Crippen molar-refractivity contribution in [3.63, 3.8) is 0 Å². The van der Waals surface area contributed by atoms with Gasteiger partial charge in [-0.2, -0.15) is 0 Å². The maximum absolute atomic E-state index is 11.9. The molecular weight excluding hydrogens is 300 g/mol. The van der Waals surface area contributed by atoms with Crippen LogP contribution in [0.25, 0.3) is 0 Å². The molecule has 128 valence electrons. The zero-order valence-electron chi connectivity index (χ0n) is 14.6. The number of hydrogen-bond acceptors (Lipinski definition) is 2. The number of anilines is 1. The molecule has 0 saturated heterocycles. The molecule has 0 heterocycles. The van der Waals surface area contributed by atoms with E-state index in [-0.39, 0.29) is 6.03 Å². The average molecular weight is 326 g/mol. The number of rotatable bonds is 7. The van der Waals surface area contributed by atoms with E-state index in [9.17, 15) is 4.79 Å². The van der Waals surface area contributed by atoms with E-state index in [2.05, 4.69) is 37.5 Å². The van der Waals surface area contributed by atoms with Crippen molar-refractivity contribution in [1.82, 2.24) is 5.32 Å². The van der Waals surface area contributed by atoms with E-state index in [1.165, 1.54) is 11.1 Å². The van der Waals surface area contributed by atoms with Gasteiger partial charge in [0.25, 0.3) is 0 Å². The third kappa shape index (κ3) is 5.30. The van der Waals surface area contributed by atoms with E-state index < -0.39 is 0 Å². The zero-order chi connectivity index (χ0) is 17.4. The van der Waals surface area contributed by atoms with Crippen molar-refractivity contribution in [1.29, 1.82) is 0 Å². The summed E-state index contributed by atoms with van der Waals surface area (Å²) in [5.74, 6) is 1.29. The number of ether oxygens (including phenoxy) is 1. The SMILES string of the molecule is CCc1ccc(NC(=O)NCCOc2ccccc2C(C)C)cc1. The van der Waals surface area contributed by atoms with Gasteiger partial charge in [-0.25, -0.2) is 4.79 Å². The van der Waals surface area contributed by atoms with Crippen LogP contribution in [0.1, 0.15) is 37.8 Å². The van der Waals surface area contributed by atoms with Gasteiger partial charge in [0.2, 0.25) is 0 Å². The van der Waals surface area contributed by atoms with Crippen molar-refractivity contribution in [3.8, 4) is 5.75 Å². The lowest BCUT2D eigenvalue weighted by molar-refractivity contribution is 0.247. The molecule has 0 aliphatic heterocycles. The summed E-state index contributed by atoms with van der Waals surface area (Å²) in [6, 6.07) is 15.6. The van der Waals surface area contributed by atoms with E-state index in [0.29, 0.717) is 19.1 Å². The number of nitrogens with one attached hydrogen (secondary N) is 2. The highest BCUT2D eigenvalue weighted by molar-refractivity contribution is 5.89. The number of carbonyl (C=O) groups is 1. The van der Waals surface area contributed by atoms with E-state index in [1.54, 1.807) is 0 Å². The van der Waals surface area contributed by atoms with Gasteiger partial charge in [-0.3, -0.25) is 0 Å². The van der Waals surface area contributed by atoms with Gasteiger partial charge in [-0.1, -0.05) is 51.1 Å². The van der Waals surface area contributed by atoms with Gasteiger partial charge in [0.1, 0.15) is 12.4 Å². The first-order valence-corrected chi connectivity index (χ1v) is 8.45. The van der Waals surface area contributed by atoms with Crippen LogP contribution in [0.3, 0.4) is 0 Å². The summed E-state index contributed by atoms with van der Waals surface area (Å²) < 4.78 is 5.79. The summed E-state index contributed by atoms with van der Waals surface area (Å²) in [7, 11) is 0. The number of para-hydroxylation sites is 1. The van der Waals surface area contributed by atoms with Crippen molar-refractivity contribution >= 4 is 11.7 Å². The van der Waals surface area contributed by atoms with Crippen molar-refractivity contribution in [2.75, 3.05) is 18.5 Å². The van der Waals surface area contributed by atoms with E-state index in [1.807, 2.05) is 42.5 Å². The lowest BCUT2D eigenvalue weighted by Gasteiger charge is -2.14. The fourth-order valence-electron chi connectivity index (χ4n) is 2.41. The van der Waals surface area contributed by atoms with Gasteiger partial charge in [0.05, 0.1) is 6.54 Å². The number of amides is 2. The molecule has 0 aliphatic carbocycles. The Morgan fingerprint density at radius 3 is 2.46 bits per heavy atom. The van der Waals surface area contributed by atoms with E-state index in [0.717, 1.165) is 17.9 Å². The van der Waals surface area contributed by atoms with Crippen LogP contribution in [0.5, 0.6) is 5.75 Å². The summed E-state index contributed by atoms with van der Waals surface area (Å²) >= 11 is 0. The Morgan fingerprint density at radius 1 is 1.08 bits per heavy atom. The maximum atomic E-state index is 11.9. The fraction of sp³-hybridized carbons (Fsp3) is 0.350. The molecule has 24 heavy (non-hydrogen) atoms. The molecule has 2 rings (SSSR count). The molecule has 2 aromatic carbocycles. The Labute approximate surface area is 144 Å². The molecule has 0 spiro atoms. The Balaban J connectivity index is 1.75. The summed E-state index contributed by atoms with van der Waals surface area (Å²) in [5.41, 5.74) is 3.21. The first-order chi connectivity index (χ1) is 11.6. The molecule has 0 radical (unpaired) electrons. The minimum Gasteiger partial charge on any atom is -0.491 e. The number of urea groups is 1. The normalized spacial score (nSPS) is 10.5. The van der Waals surface area contributed by atoms with Gasteiger partial charge < -0.3 is 15.4 Å². The van der Waals surface area contributed by atoms with Crippen molar-refractivity contribution < 1.29 is 9.53 Å². The summed E-state index contributed by atoms with van der Waals surface area (Å²) in [4.78, 5) is 11.9. The van der Waals surface area contributed by atoms with Crippen molar-refractivity contribution in [2.45, 2.75) is 33.1 Å². The minimum absolute atomic E-state index is 0.222. The predicted octanol–water partition coefficient (Wildman–Crippen LogP) is 4.57. The number of hydrogen-bond donors (Lipinski definition) is 2. The van der Waals surface area contributed by atoms with Crippen molar-refractivity contribution in [2.24, 2.45) is 0 Å². The Morgan fingerprint density at radius 2 is 1.79 bits per heavy atom. The quantitative estimate of drug-likeness (QED) is 0.732. The molecule has 4 heteroatoms. The average Bonchev–Trinajstić information content (AvgIpc) is 2.59. The third-order valence-corrected chi connectivity index (χ3v) is 3.81. The lowest BCUT2D eigenvalue weighted by atomic mass is 10.0. The van der Waals surface area contributed by atoms with E-state index >= 15 is 0 Å². The summed E-state index contributed by atoms with van der Waals surface area (Å²) in [6.45, 7) is 7.26. The molecule has 0 saturated carbocycles. The maximum Gasteiger partial charge on any atom is 0.319 e. The molecule has 0 aromatic heterocycles. The largest absolute Gasteiger partial charge is 0.491 e. The first-order valence-electron chi connectivity index (χ1n) is 8.45. The van der Waals surface area contributed by atoms with Gasteiger partial charge in [-0.05, 0) is 41.7 Å². The molecule has 0 aliphatic rings. The minimum atomic E-state index is -0.222. The van der Waals surface area contributed by atoms with Gasteiger partial charge in [0, 0.05) is 5.69 Å². The molecule has 2 aromatic rings. The van der Waals surface area contributed by atoms with E-state index in [4.69, 9.17) is 4.74 Å². The second-order valence-electron chi connectivity index (χ2n) is 5.97. The standard InChI is InChI=1S/C20H26N2O2/c1-4-16-9-11-17(12-10-16)22-20(23)21-13-14-24-19-8-6-5-7-18(19)15(2)3/h5-12,15H,4,13-14H2,1-3H3,(H2,21,22,23). The fourth-order valence-corrected chi connectivity index (χ4v) is 2.41. The van der Waals surface area contributed by atoms with Crippen LogP contribution in [0.4, 0.5) is 10.5 Å². The highest BCUT2D eigenvalue weighted by Gasteiger charge is 2.07. The van der Waals surface area contributed by atoms with Gasteiger partial charge in [-0.15, -0.1) is 0 Å². The van der Waals surface area contributed by atoms with Crippen LogP contribution < -0.4 is 15.4 Å².